The zero-order valence-electron chi connectivity index (χ0n) is 15.5. The number of nitrogens with zero attached hydrogens (tertiary/aromatic N) is 1. The number of urea groups is 1. The van der Waals surface area contributed by atoms with E-state index in [9.17, 15) is 13.6 Å². The Labute approximate surface area is 158 Å². The molecule has 0 bridgehead atoms. The molecule has 3 rings (SSSR count). The number of hydrogen-bond donors (Lipinski definition) is 2. The maximum atomic E-state index is 13.4. The Morgan fingerprint density at radius 2 is 1.93 bits per heavy atom. The van der Waals surface area contributed by atoms with Gasteiger partial charge in [-0.25, -0.2) is 13.6 Å². The number of primary amides is 1. The number of carbonyl (C=O) groups excluding carboxylic acids is 1. The van der Waals surface area contributed by atoms with Gasteiger partial charge in [0.15, 0.2) is 11.6 Å². The van der Waals surface area contributed by atoms with Crippen molar-refractivity contribution < 1.29 is 13.6 Å². The Balaban J connectivity index is 1.58. The lowest BCUT2D eigenvalue weighted by atomic mass is 9.90. The van der Waals surface area contributed by atoms with Crippen molar-refractivity contribution in [3.05, 3.63) is 64.7 Å². The van der Waals surface area contributed by atoms with Crippen LogP contribution in [0.1, 0.15) is 29.5 Å². The van der Waals surface area contributed by atoms with Gasteiger partial charge in [-0.05, 0) is 80.1 Å². The minimum Gasteiger partial charge on any atom is -0.351 e. The highest BCUT2D eigenvalue weighted by atomic mass is 19.2. The number of hydrogen-bond acceptors (Lipinski definition) is 2. The molecule has 0 radical (unpaired) electrons. The van der Waals surface area contributed by atoms with Gasteiger partial charge in [0.25, 0.3) is 0 Å². The predicted octanol–water partition coefficient (Wildman–Crippen LogP) is 4.22. The van der Waals surface area contributed by atoms with Crippen LogP contribution in [0.15, 0.2) is 36.4 Å². The molecule has 27 heavy (non-hydrogen) atoms. The molecule has 0 aromatic heterocycles. The molecule has 1 heterocycles. The number of halogens is 2. The van der Waals surface area contributed by atoms with Gasteiger partial charge in [0.05, 0.1) is 0 Å². The number of piperidine rings is 1. The van der Waals surface area contributed by atoms with Crippen molar-refractivity contribution >= 4 is 11.7 Å². The fourth-order valence-electron chi connectivity index (χ4n) is 3.73. The maximum Gasteiger partial charge on any atom is 0.316 e. The second-order valence-corrected chi connectivity index (χ2v) is 7.26. The number of nitrogens with two attached hydrogens (primary N) is 1. The number of benzene rings is 2. The van der Waals surface area contributed by atoms with Gasteiger partial charge >= 0.3 is 6.03 Å². The van der Waals surface area contributed by atoms with E-state index in [-0.39, 0.29) is 0 Å². The highest BCUT2D eigenvalue weighted by Gasteiger charge is 2.21. The summed E-state index contributed by atoms with van der Waals surface area (Å²) in [5.41, 5.74) is 9.07. The lowest BCUT2D eigenvalue weighted by molar-refractivity contribution is 0.177. The molecule has 0 aliphatic carbocycles. The van der Waals surface area contributed by atoms with Crippen LogP contribution in [-0.4, -0.2) is 24.0 Å². The summed E-state index contributed by atoms with van der Waals surface area (Å²) in [5.74, 6) is -1.11. The third kappa shape index (κ3) is 5.04. The van der Waals surface area contributed by atoms with E-state index in [1.165, 1.54) is 12.1 Å². The minimum atomic E-state index is -0.799. The first-order valence-corrected chi connectivity index (χ1v) is 9.23. The van der Waals surface area contributed by atoms with Crippen molar-refractivity contribution in [3.8, 4) is 0 Å². The average molecular weight is 373 g/mol. The molecule has 1 saturated heterocycles. The topological polar surface area (TPSA) is 58.4 Å². The molecule has 4 nitrogen and oxygen atoms in total. The lowest BCUT2D eigenvalue weighted by Crippen LogP contribution is -2.34. The predicted molar refractivity (Wildman–Crippen MR) is 102 cm³/mol. The number of rotatable bonds is 5. The van der Waals surface area contributed by atoms with Gasteiger partial charge in [0, 0.05) is 12.2 Å². The number of anilines is 1. The highest BCUT2D eigenvalue weighted by molar-refractivity contribution is 5.88. The zero-order chi connectivity index (χ0) is 19.4. The fourth-order valence-corrected chi connectivity index (χ4v) is 3.73. The summed E-state index contributed by atoms with van der Waals surface area (Å²) in [6, 6.07) is 9.40. The van der Waals surface area contributed by atoms with E-state index in [1.54, 1.807) is 6.07 Å². The van der Waals surface area contributed by atoms with E-state index in [4.69, 9.17) is 5.73 Å². The summed E-state index contributed by atoms with van der Waals surface area (Å²) in [6.07, 6.45) is 2.77. The van der Waals surface area contributed by atoms with Crippen LogP contribution in [0, 0.1) is 24.5 Å². The standard InChI is InChI=1S/C21H25F2N3O/c1-14-3-2-4-20(25-21(24)27)17(14)13-26-9-7-15(8-10-26)11-16-5-6-18(22)19(23)12-16/h2-6,12,15H,7-11,13H2,1H3,(H3,24,25,27). The normalized spacial score (nSPS) is 15.7. The van der Waals surface area contributed by atoms with Crippen LogP contribution in [0.2, 0.25) is 0 Å². The van der Waals surface area contributed by atoms with Gasteiger partial charge in [-0.3, -0.25) is 4.90 Å². The zero-order valence-corrected chi connectivity index (χ0v) is 15.5. The summed E-state index contributed by atoms with van der Waals surface area (Å²) in [6.45, 7) is 4.63. The SMILES string of the molecule is Cc1cccc(NC(N)=O)c1CN1CCC(Cc2ccc(F)c(F)c2)CC1. The average Bonchev–Trinajstić information content (AvgIpc) is 2.62. The molecule has 0 atom stereocenters. The second kappa shape index (κ2) is 8.48. The van der Waals surface area contributed by atoms with E-state index in [0.717, 1.165) is 61.3 Å². The number of nitrogens with one attached hydrogen (secondary N) is 1. The van der Waals surface area contributed by atoms with Gasteiger partial charge in [0.2, 0.25) is 0 Å². The number of carbonyl (C=O) groups is 1. The molecule has 0 saturated carbocycles. The second-order valence-electron chi connectivity index (χ2n) is 7.26. The van der Waals surface area contributed by atoms with Crippen molar-refractivity contribution in [1.82, 2.24) is 4.90 Å². The number of amides is 2. The van der Waals surface area contributed by atoms with Crippen LogP contribution in [0.4, 0.5) is 19.3 Å². The third-order valence-electron chi connectivity index (χ3n) is 5.27. The van der Waals surface area contributed by atoms with Crippen molar-refractivity contribution in [3.63, 3.8) is 0 Å². The minimum absolute atomic E-state index is 0.464. The summed E-state index contributed by atoms with van der Waals surface area (Å²) >= 11 is 0. The highest BCUT2D eigenvalue weighted by Crippen LogP contribution is 2.26. The van der Waals surface area contributed by atoms with Crippen molar-refractivity contribution in [1.29, 1.82) is 0 Å². The molecule has 2 aromatic rings. The Morgan fingerprint density at radius 1 is 1.19 bits per heavy atom. The molecular weight excluding hydrogens is 348 g/mol. The van der Waals surface area contributed by atoms with Gasteiger partial charge in [-0.15, -0.1) is 0 Å². The molecule has 2 amide bonds. The monoisotopic (exact) mass is 373 g/mol. The van der Waals surface area contributed by atoms with Crippen LogP contribution < -0.4 is 11.1 Å². The van der Waals surface area contributed by atoms with Gasteiger partial charge < -0.3 is 11.1 Å². The summed E-state index contributed by atoms with van der Waals surface area (Å²) in [7, 11) is 0. The van der Waals surface area contributed by atoms with Crippen LogP contribution in [0.5, 0.6) is 0 Å². The molecular formula is C21H25F2N3O. The van der Waals surface area contributed by atoms with Gasteiger partial charge in [-0.1, -0.05) is 18.2 Å². The van der Waals surface area contributed by atoms with Gasteiger partial charge in [0.1, 0.15) is 0 Å². The van der Waals surface area contributed by atoms with E-state index in [1.807, 2.05) is 25.1 Å². The van der Waals surface area contributed by atoms with E-state index < -0.39 is 17.7 Å². The summed E-state index contributed by atoms with van der Waals surface area (Å²) in [4.78, 5) is 13.6. The van der Waals surface area contributed by atoms with Crippen LogP contribution in [-0.2, 0) is 13.0 Å². The van der Waals surface area contributed by atoms with Crippen molar-refractivity contribution in [2.45, 2.75) is 32.7 Å². The molecule has 1 fully saturated rings. The van der Waals surface area contributed by atoms with Crippen molar-refractivity contribution in [2.24, 2.45) is 11.7 Å². The van der Waals surface area contributed by atoms with Gasteiger partial charge in [-0.2, -0.15) is 0 Å². The molecule has 2 aromatic carbocycles. The first-order valence-electron chi connectivity index (χ1n) is 9.23. The first-order chi connectivity index (χ1) is 12.9. The Kier molecular flexibility index (Phi) is 6.06. The number of aryl methyl sites for hydroxylation is 1. The number of likely N-dealkylation sites (tertiary alicyclic amines) is 1. The van der Waals surface area contributed by atoms with Crippen LogP contribution in [0.25, 0.3) is 0 Å². The summed E-state index contributed by atoms with van der Waals surface area (Å²) < 4.78 is 26.4. The molecule has 0 spiro atoms. The Hall–Kier alpha value is -2.47. The largest absolute Gasteiger partial charge is 0.351 e. The molecule has 0 unspecified atom stereocenters. The molecule has 144 valence electrons. The smallest absolute Gasteiger partial charge is 0.316 e. The van der Waals surface area contributed by atoms with E-state index in [0.29, 0.717) is 5.92 Å². The molecule has 3 N–H and O–H groups in total. The van der Waals surface area contributed by atoms with E-state index in [2.05, 4.69) is 10.2 Å². The molecule has 1 aliphatic rings. The van der Waals surface area contributed by atoms with Crippen molar-refractivity contribution in [2.75, 3.05) is 18.4 Å². The molecule has 1 aliphatic heterocycles. The Bertz CT molecular complexity index is 817. The Morgan fingerprint density at radius 3 is 2.59 bits per heavy atom. The van der Waals surface area contributed by atoms with E-state index >= 15 is 0 Å². The van der Waals surface area contributed by atoms with Crippen LogP contribution in [0.3, 0.4) is 0 Å². The van der Waals surface area contributed by atoms with Crippen LogP contribution >= 0.6 is 0 Å². The molecule has 6 heteroatoms. The lowest BCUT2D eigenvalue weighted by Gasteiger charge is -2.33. The first kappa shape index (κ1) is 19.3. The fraction of sp³-hybridized carbons (Fsp3) is 0.381. The third-order valence-corrected chi connectivity index (χ3v) is 5.27. The maximum absolute atomic E-state index is 13.4. The summed E-state index contributed by atoms with van der Waals surface area (Å²) in [5, 5.41) is 2.70. The quantitative estimate of drug-likeness (QED) is 0.824.